The van der Waals surface area contributed by atoms with Gasteiger partial charge in [0.1, 0.15) is 0 Å². The Morgan fingerprint density at radius 2 is 1.60 bits per heavy atom. The molecule has 3 rings (SSSR count). The highest BCUT2D eigenvalue weighted by Gasteiger charge is 2.29. The molecule has 1 fully saturated rings. The van der Waals surface area contributed by atoms with Crippen molar-refractivity contribution in [3.8, 4) is 0 Å². The average molecular weight is 488 g/mol. The van der Waals surface area contributed by atoms with Crippen LogP contribution in [0.2, 0.25) is 0 Å². The van der Waals surface area contributed by atoms with Gasteiger partial charge in [0.05, 0.1) is 17.3 Å². The molecule has 0 spiro atoms. The first-order valence-electron chi connectivity index (χ1n) is 9.00. The van der Waals surface area contributed by atoms with Crippen LogP contribution in [0, 0.1) is 0 Å². The van der Waals surface area contributed by atoms with Gasteiger partial charge in [0.25, 0.3) is 0 Å². The molecule has 2 amide bonds. The highest BCUT2D eigenvalue weighted by molar-refractivity contribution is 8.03. The van der Waals surface area contributed by atoms with E-state index in [1.54, 1.807) is 17.0 Å². The highest BCUT2D eigenvalue weighted by Crippen LogP contribution is 2.28. The van der Waals surface area contributed by atoms with Gasteiger partial charge in [0, 0.05) is 26.2 Å². The number of rotatable bonds is 9. The normalized spacial score (nSPS) is 15.3. The van der Waals surface area contributed by atoms with Crippen molar-refractivity contribution in [2.45, 2.75) is 14.4 Å². The van der Waals surface area contributed by atoms with Gasteiger partial charge in [-0.2, -0.15) is 4.31 Å². The van der Waals surface area contributed by atoms with Crippen molar-refractivity contribution in [2.75, 3.05) is 37.7 Å². The van der Waals surface area contributed by atoms with Crippen molar-refractivity contribution in [3.63, 3.8) is 0 Å². The van der Waals surface area contributed by atoms with E-state index in [0.29, 0.717) is 21.8 Å². The van der Waals surface area contributed by atoms with Crippen LogP contribution in [0.4, 0.5) is 0 Å². The predicted molar refractivity (Wildman–Crippen MR) is 118 cm³/mol. The second kappa shape index (κ2) is 10.6. The lowest BCUT2D eigenvalue weighted by atomic mass is 10.2. The number of sulfonamides is 1. The van der Waals surface area contributed by atoms with E-state index in [0.717, 1.165) is 5.56 Å². The minimum atomic E-state index is -3.41. The molecule has 0 unspecified atom stereocenters. The minimum absolute atomic E-state index is 0.0369. The second-order valence-electron chi connectivity index (χ2n) is 6.40. The lowest BCUT2D eigenvalue weighted by molar-refractivity contribution is -0.129. The average Bonchev–Trinajstić information content (AvgIpc) is 3.19. The SMILES string of the molecule is NC(=O)CSc1nnc(SCC(=O)N2CCN(S(=O)(=O)Cc3ccccc3)CC2)s1. The van der Waals surface area contributed by atoms with E-state index in [9.17, 15) is 18.0 Å². The number of primary amides is 1. The number of nitrogens with two attached hydrogens (primary N) is 1. The Bertz CT molecular complexity index is 975. The molecule has 0 radical (unpaired) electrons. The van der Waals surface area contributed by atoms with Crippen molar-refractivity contribution in [2.24, 2.45) is 5.73 Å². The molecule has 0 aliphatic carbocycles. The summed E-state index contributed by atoms with van der Waals surface area (Å²) in [5.41, 5.74) is 5.85. The number of hydrogen-bond acceptors (Lipinski definition) is 9. The van der Waals surface area contributed by atoms with Crippen LogP contribution in [0.15, 0.2) is 39.0 Å². The second-order valence-corrected chi connectivity index (χ2v) is 11.8. The van der Waals surface area contributed by atoms with Crippen LogP contribution >= 0.6 is 34.9 Å². The zero-order valence-electron chi connectivity index (χ0n) is 16.0. The van der Waals surface area contributed by atoms with E-state index < -0.39 is 15.9 Å². The van der Waals surface area contributed by atoms with Gasteiger partial charge in [-0.15, -0.1) is 10.2 Å². The fourth-order valence-electron chi connectivity index (χ4n) is 2.75. The van der Waals surface area contributed by atoms with Crippen molar-refractivity contribution in [1.82, 2.24) is 19.4 Å². The smallest absolute Gasteiger partial charge is 0.233 e. The molecule has 2 aromatic rings. The molecule has 0 bridgehead atoms. The molecule has 13 heteroatoms. The summed E-state index contributed by atoms with van der Waals surface area (Å²) in [6.45, 7) is 1.31. The van der Waals surface area contributed by atoms with Crippen LogP contribution in [-0.4, -0.2) is 77.3 Å². The van der Waals surface area contributed by atoms with Gasteiger partial charge >= 0.3 is 0 Å². The number of amides is 2. The Labute approximate surface area is 187 Å². The summed E-state index contributed by atoms with van der Waals surface area (Å²) in [5, 5.41) is 7.95. The summed E-state index contributed by atoms with van der Waals surface area (Å²) < 4.78 is 27.9. The highest BCUT2D eigenvalue weighted by atomic mass is 32.2. The van der Waals surface area contributed by atoms with Crippen molar-refractivity contribution >= 4 is 56.7 Å². The molecule has 9 nitrogen and oxygen atoms in total. The van der Waals surface area contributed by atoms with E-state index in [-0.39, 0.29) is 36.3 Å². The predicted octanol–water partition coefficient (Wildman–Crippen LogP) is 0.882. The van der Waals surface area contributed by atoms with Crippen molar-refractivity contribution in [3.05, 3.63) is 35.9 Å². The number of carbonyl (C=O) groups excluding carboxylic acids is 2. The number of benzene rings is 1. The third kappa shape index (κ3) is 6.67. The third-order valence-electron chi connectivity index (χ3n) is 4.22. The largest absolute Gasteiger partial charge is 0.369 e. The van der Waals surface area contributed by atoms with Gasteiger partial charge in [-0.3, -0.25) is 9.59 Å². The van der Waals surface area contributed by atoms with E-state index in [1.165, 1.54) is 39.2 Å². The number of carbonyl (C=O) groups is 2. The summed E-state index contributed by atoms with van der Waals surface area (Å²) in [6.07, 6.45) is 0. The summed E-state index contributed by atoms with van der Waals surface area (Å²) >= 11 is 3.80. The van der Waals surface area contributed by atoms with Crippen LogP contribution in [-0.2, 0) is 25.4 Å². The zero-order chi connectivity index (χ0) is 21.6. The molecule has 0 atom stereocenters. The van der Waals surface area contributed by atoms with Crippen molar-refractivity contribution in [1.29, 1.82) is 0 Å². The number of piperazine rings is 1. The van der Waals surface area contributed by atoms with Crippen LogP contribution < -0.4 is 5.73 Å². The number of thioether (sulfide) groups is 2. The number of aromatic nitrogens is 2. The fraction of sp³-hybridized carbons (Fsp3) is 0.412. The Morgan fingerprint density at radius 1 is 1.00 bits per heavy atom. The van der Waals surface area contributed by atoms with Crippen LogP contribution in [0.1, 0.15) is 5.56 Å². The van der Waals surface area contributed by atoms with Gasteiger partial charge in [-0.1, -0.05) is 65.2 Å². The van der Waals surface area contributed by atoms with Gasteiger partial charge in [-0.25, -0.2) is 8.42 Å². The lowest BCUT2D eigenvalue weighted by Crippen LogP contribution is -2.51. The maximum atomic E-state index is 12.6. The topological polar surface area (TPSA) is 127 Å². The molecular weight excluding hydrogens is 466 g/mol. The zero-order valence-corrected chi connectivity index (χ0v) is 19.2. The summed E-state index contributed by atoms with van der Waals surface area (Å²) in [5.74, 6) is -0.196. The quantitative estimate of drug-likeness (QED) is 0.517. The first-order chi connectivity index (χ1) is 14.3. The van der Waals surface area contributed by atoms with Crippen molar-refractivity contribution < 1.29 is 18.0 Å². The van der Waals surface area contributed by atoms with E-state index in [2.05, 4.69) is 10.2 Å². The molecular formula is C17H21N5O4S4. The third-order valence-corrected chi connectivity index (χ3v) is 9.27. The first-order valence-corrected chi connectivity index (χ1v) is 13.4. The molecule has 1 saturated heterocycles. The van der Waals surface area contributed by atoms with Gasteiger partial charge in [0.15, 0.2) is 8.68 Å². The Hall–Kier alpha value is -1.67. The summed E-state index contributed by atoms with van der Waals surface area (Å²) in [7, 11) is -3.41. The molecule has 2 heterocycles. The Morgan fingerprint density at radius 3 is 2.20 bits per heavy atom. The summed E-state index contributed by atoms with van der Waals surface area (Å²) in [6, 6.07) is 9.06. The molecule has 162 valence electrons. The molecule has 30 heavy (non-hydrogen) atoms. The molecule has 0 saturated carbocycles. The van der Waals surface area contributed by atoms with Gasteiger partial charge in [-0.05, 0) is 5.56 Å². The van der Waals surface area contributed by atoms with E-state index in [4.69, 9.17) is 5.73 Å². The monoisotopic (exact) mass is 487 g/mol. The van der Waals surface area contributed by atoms with Crippen LogP contribution in [0.3, 0.4) is 0 Å². The Balaban J connectivity index is 1.44. The first kappa shape index (κ1) is 23.0. The summed E-state index contributed by atoms with van der Waals surface area (Å²) in [4.78, 5) is 24.9. The van der Waals surface area contributed by atoms with E-state index >= 15 is 0 Å². The standard InChI is InChI=1S/C17H21N5O4S4/c18-14(23)10-27-16-19-20-17(29-16)28-11-15(24)21-6-8-22(9-7-21)30(25,26)12-13-4-2-1-3-5-13/h1-5H,6-12H2,(H2,18,23). The maximum absolute atomic E-state index is 12.6. The van der Waals surface area contributed by atoms with Gasteiger partial charge in [0.2, 0.25) is 21.8 Å². The molecule has 1 aromatic carbocycles. The minimum Gasteiger partial charge on any atom is -0.369 e. The van der Waals surface area contributed by atoms with E-state index in [1.807, 2.05) is 18.2 Å². The number of hydrogen-bond donors (Lipinski definition) is 1. The fourth-order valence-corrected chi connectivity index (χ4v) is 6.93. The number of nitrogens with zero attached hydrogens (tertiary/aromatic N) is 4. The molecule has 1 aliphatic heterocycles. The van der Waals surface area contributed by atoms with Crippen LogP contribution in [0.25, 0.3) is 0 Å². The van der Waals surface area contributed by atoms with Gasteiger partial charge < -0.3 is 10.6 Å². The van der Waals surface area contributed by atoms with Crippen LogP contribution in [0.5, 0.6) is 0 Å². The molecule has 1 aliphatic rings. The molecule has 1 aromatic heterocycles. The molecule has 2 N–H and O–H groups in total. The Kier molecular flexibility index (Phi) is 8.11. The maximum Gasteiger partial charge on any atom is 0.233 e. The lowest BCUT2D eigenvalue weighted by Gasteiger charge is -2.34.